The van der Waals surface area contributed by atoms with Crippen molar-refractivity contribution in [2.45, 2.75) is 58.8 Å². The average Bonchev–Trinajstić information content (AvgIpc) is 3.32. The van der Waals surface area contributed by atoms with Crippen LogP contribution >= 0.6 is 0 Å². The van der Waals surface area contributed by atoms with Crippen LogP contribution in [0.5, 0.6) is 0 Å². The molecule has 0 radical (unpaired) electrons. The summed E-state index contributed by atoms with van der Waals surface area (Å²) in [5.74, 6) is 0.825. The maximum absolute atomic E-state index is 4.46. The number of hydrogen-bond donors (Lipinski definition) is 2. The minimum Gasteiger partial charge on any atom is -0.372 e. The molecule has 31 heavy (non-hydrogen) atoms. The summed E-state index contributed by atoms with van der Waals surface area (Å²) < 4.78 is 0. The van der Waals surface area contributed by atoms with Gasteiger partial charge in [-0.15, -0.1) is 0 Å². The van der Waals surface area contributed by atoms with Crippen LogP contribution in [0.25, 0.3) is 0 Å². The lowest BCUT2D eigenvalue weighted by Gasteiger charge is -2.24. The van der Waals surface area contributed by atoms with Gasteiger partial charge >= 0.3 is 0 Å². The van der Waals surface area contributed by atoms with Crippen LogP contribution in [0.3, 0.4) is 0 Å². The molecule has 1 fully saturated rings. The van der Waals surface area contributed by atoms with Crippen molar-refractivity contribution in [2.75, 3.05) is 32.1 Å². The van der Waals surface area contributed by atoms with E-state index in [0.29, 0.717) is 6.04 Å². The van der Waals surface area contributed by atoms with Gasteiger partial charge in [-0.3, -0.25) is 9.89 Å². The Bertz CT molecular complexity index is 854. The van der Waals surface area contributed by atoms with Crippen LogP contribution in [0.4, 0.5) is 5.69 Å². The largest absolute Gasteiger partial charge is 0.372 e. The highest BCUT2D eigenvalue weighted by Gasteiger charge is 2.15. The number of anilines is 1. The van der Waals surface area contributed by atoms with E-state index in [9.17, 15) is 0 Å². The molecule has 1 unspecified atom stereocenters. The number of benzene rings is 2. The van der Waals surface area contributed by atoms with Crippen molar-refractivity contribution >= 4 is 11.6 Å². The van der Waals surface area contributed by atoms with E-state index in [1.54, 1.807) is 0 Å². The fourth-order valence-corrected chi connectivity index (χ4v) is 3.96. The fraction of sp³-hybridized carbons (Fsp3) is 0.500. The minimum absolute atomic E-state index is 0.177. The van der Waals surface area contributed by atoms with E-state index in [0.717, 1.165) is 19.0 Å². The van der Waals surface area contributed by atoms with E-state index in [2.05, 4.69) is 102 Å². The third kappa shape index (κ3) is 6.47. The molecule has 1 atom stereocenters. The van der Waals surface area contributed by atoms with Gasteiger partial charge in [0.15, 0.2) is 5.96 Å². The van der Waals surface area contributed by atoms with Crippen molar-refractivity contribution in [3.63, 3.8) is 0 Å². The van der Waals surface area contributed by atoms with Crippen LogP contribution in [0, 0.1) is 0 Å². The van der Waals surface area contributed by atoms with Crippen LogP contribution in [0.2, 0.25) is 0 Å². The standard InChI is InChI=1S/C26H39N5/c1-20(2)30(5)19-24-12-7-6-11-23(24)18-28-26(27-4)29-21(3)22-13-10-14-25(17-22)31-15-8-9-16-31/h6-7,10-14,17,20-21H,8-9,15-16,18-19H2,1-5H3,(H2,27,28,29). The smallest absolute Gasteiger partial charge is 0.191 e. The third-order valence-electron chi connectivity index (χ3n) is 6.28. The van der Waals surface area contributed by atoms with Gasteiger partial charge in [0.1, 0.15) is 0 Å². The zero-order valence-corrected chi connectivity index (χ0v) is 19.9. The van der Waals surface area contributed by atoms with Crippen molar-refractivity contribution in [3.8, 4) is 0 Å². The molecule has 2 aromatic carbocycles. The minimum atomic E-state index is 0.177. The zero-order chi connectivity index (χ0) is 22.2. The fourth-order valence-electron chi connectivity index (χ4n) is 3.96. The highest BCUT2D eigenvalue weighted by atomic mass is 15.2. The average molecular weight is 422 g/mol. The van der Waals surface area contributed by atoms with Gasteiger partial charge in [0.2, 0.25) is 0 Å². The molecular weight excluding hydrogens is 382 g/mol. The van der Waals surface area contributed by atoms with E-state index < -0.39 is 0 Å². The second-order valence-corrected chi connectivity index (χ2v) is 8.86. The molecule has 0 saturated carbocycles. The topological polar surface area (TPSA) is 42.9 Å². The molecule has 0 spiro atoms. The maximum Gasteiger partial charge on any atom is 0.191 e. The molecule has 2 aromatic rings. The lowest BCUT2D eigenvalue weighted by atomic mass is 10.1. The molecule has 168 valence electrons. The first-order chi connectivity index (χ1) is 15.0. The van der Waals surface area contributed by atoms with E-state index in [1.807, 2.05) is 7.05 Å². The number of guanidine groups is 1. The van der Waals surface area contributed by atoms with Crippen molar-refractivity contribution < 1.29 is 0 Å². The van der Waals surface area contributed by atoms with Crippen LogP contribution in [0.15, 0.2) is 53.5 Å². The van der Waals surface area contributed by atoms with Gasteiger partial charge in [0, 0.05) is 45.0 Å². The number of hydrogen-bond acceptors (Lipinski definition) is 3. The summed E-state index contributed by atoms with van der Waals surface area (Å²) in [5, 5.41) is 7.07. The van der Waals surface area contributed by atoms with Crippen molar-refractivity contribution in [3.05, 3.63) is 65.2 Å². The number of nitrogens with one attached hydrogen (secondary N) is 2. The van der Waals surface area contributed by atoms with E-state index in [4.69, 9.17) is 0 Å². The number of aliphatic imine (C=N–C) groups is 1. The highest BCUT2D eigenvalue weighted by Crippen LogP contribution is 2.24. The van der Waals surface area contributed by atoms with Gasteiger partial charge in [-0.25, -0.2) is 0 Å². The number of rotatable bonds is 8. The summed E-state index contributed by atoms with van der Waals surface area (Å²) in [7, 11) is 4.01. The van der Waals surface area contributed by atoms with Gasteiger partial charge in [0.25, 0.3) is 0 Å². The Hall–Kier alpha value is -2.53. The molecular formula is C26H39N5. The van der Waals surface area contributed by atoms with Crippen LogP contribution in [-0.4, -0.2) is 44.1 Å². The van der Waals surface area contributed by atoms with Crippen LogP contribution in [-0.2, 0) is 13.1 Å². The molecule has 5 nitrogen and oxygen atoms in total. The third-order valence-corrected chi connectivity index (χ3v) is 6.28. The molecule has 0 bridgehead atoms. The highest BCUT2D eigenvalue weighted by molar-refractivity contribution is 5.80. The SMILES string of the molecule is CN=C(NCc1ccccc1CN(C)C(C)C)NC(C)c1cccc(N2CCCC2)c1. The molecule has 0 amide bonds. The lowest BCUT2D eigenvalue weighted by molar-refractivity contribution is 0.265. The predicted molar refractivity (Wildman–Crippen MR) is 133 cm³/mol. The normalized spacial score (nSPS) is 15.6. The Morgan fingerprint density at radius 1 is 1.03 bits per heavy atom. The zero-order valence-electron chi connectivity index (χ0n) is 19.9. The first-order valence-corrected chi connectivity index (χ1v) is 11.6. The maximum atomic E-state index is 4.46. The summed E-state index contributed by atoms with van der Waals surface area (Å²) >= 11 is 0. The van der Waals surface area contributed by atoms with Crippen molar-refractivity contribution in [1.29, 1.82) is 0 Å². The molecule has 2 N–H and O–H groups in total. The second kappa shape index (κ2) is 11.2. The summed E-state index contributed by atoms with van der Waals surface area (Å²) in [4.78, 5) is 9.30. The summed E-state index contributed by atoms with van der Waals surface area (Å²) in [5.41, 5.74) is 5.27. The van der Waals surface area contributed by atoms with Crippen molar-refractivity contribution in [2.24, 2.45) is 4.99 Å². The monoisotopic (exact) mass is 421 g/mol. The summed E-state index contributed by atoms with van der Waals surface area (Å²) in [6.45, 7) is 10.7. The van der Waals surface area contributed by atoms with E-state index in [1.165, 1.54) is 48.3 Å². The first-order valence-electron chi connectivity index (χ1n) is 11.6. The first kappa shape index (κ1) is 23.1. The van der Waals surface area contributed by atoms with Crippen LogP contribution < -0.4 is 15.5 Å². The molecule has 3 rings (SSSR count). The van der Waals surface area contributed by atoms with E-state index in [-0.39, 0.29) is 6.04 Å². The van der Waals surface area contributed by atoms with Gasteiger partial charge in [-0.1, -0.05) is 36.4 Å². The second-order valence-electron chi connectivity index (χ2n) is 8.86. The molecule has 1 saturated heterocycles. The van der Waals surface area contributed by atoms with Gasteiger partial charge in [-0.2, -0.15) is 0 Å². The molecule has 1 aliphatic heterocycles. The predicted octanol–water partition coefficient (Wildman–Crippen LogP) is 4.55. The molecule has 0 aromatic heterocycles. The van der Waals surface area contributed by atoms with Gasteiger partial charge in [0.05, 0.1) is 6.04 Å². The Balaban J connectivity index is 1.61. The van der Waals surface area contributed by atoms with Crippen molar-refractivity contribution in [1.82, 2.24) is 15.5 Å². The number of nitrogens with zero attached hydrogens (tertiary/aromatic N) is 3. The molecule has 1 heterocycles. The van der Waals surface area contributed by atoms with E-state index >= 15 is 0 Å². The Morgan fingerprint density at radius 2 is 1.74 bits per heavy atom. The van der Waals surface area contributed by atoms with Gasteiger partial charge < -0.3 is 15.5 Å². The lowest BCUT2D eigenvalue weighted by Crippen LogP contribution is -2.38. The quantitative estimate of drug-likeness (QED) is 0.485. The molecule has 0 aliphatic carbocycles. The Morgan fingerprint density at radius 3 is 2.42 bits per heavy atom. The Kier molecular flexibility index (Phi) is 8.35. The van der Waals surface area contributed by atoms with Crippen LogP contribution in [0.1, 0.15) is 56.3 Å². The Labute approximate surface area is 188 Å². The summed E-state index contributed by atoms with van der Waals surface area (Å²) in [6.07, 6.45) is 2.59. The molecule has 5 heteroatoms. The molecule has 1 aliphatic rings. The van der Waals surface area contributed by atoms with Gasteiger partial charge in [-0.05, 0) is 69.5 Å². The summed E-state index contributed by atoms with van der Waals surface area (Å²) in [6, 6.07) is 18.2.